The molecule has 6 heteroatoms. The molecule has 0 aliphatic carbocycles. The van der Waals surface area contributed by atoms with E-state index in [1.54, 1.807) is 30.3 Å². The van der Waals surface area contributed by atoms with E-state index in [2.05, 4.69) is 20.8 Å². The molecule has 0 aliphatic heterocycles. The summed E-state index contributed by atoms with van der Waals surface area (Å²) >= 11 is 0. The van der Waals surface area contributed by atoms with Gasteiger partial charge in [-0.05, 0) is 66.6 Å². The fourth-order valence-corrected chi connectivity index (χ4v) is 3.13. The summed E-state index contributed by atoms with van der Waals surface area (Å²) in [4.78, 5) is 12.5. The van der Waals surface area contributed by atoms with Crippen molar-refractivity contribution < 1.29 is 9.18 Å². The predicted octanol–water partition coefficient (Wildman–Crippen LogP) is 5.00. The van der Waals surface area contributed by atoms with Gasteiger partial charge in [0.15, 0.2) is 5.82 Å². The van der Waals surface area contributed by atoms with Crippen LogP contribution in [0.25, 0.3) is 11.3 Å². The van der Waals surface area contributed by atoms with E-state index >= 15 is 0 Å². The van der Waals surface area contributed by atoms with E-state index in [1.807, 2.05) is 48.5 Å². The highest BCUT2D eigenvalue weighted by atomic mass is 19.1. The lowest BCUT2D eigenvalue weighted by atomic mass is 10.1. The molecule has 0 fully saturated rings. The third-order valence-electron chi connectivity index (χ3n) is 4.74. The van der Waals surface area contributed by atoms with Crippen molar-refractivity contribution in [3.05, 3.63) is 108 Å². The fourth-order valence-electron chi connectivity index (χ4n) is 3.13. The highest BCUT2D eigenvalue weighted by Gasteiger charge is 2.07. The van der Waals surface area contributed by atoms with Crippen LogP contribution in [0.3, 0.4) is 0 Å². The average molecular weight is 412 g/mol. The number of aromatic nitrogens is 2. The monoisotopic (exact) mass is 412 g/mol. The topological polar surface area (TPSA) is 66.9 Å². The van der Waals surface area contributed by atoms with Crippen molar-refractivity contribution in [2.45, 2.75) is 6.42 Å². The average Bonchev–Trinajstić information content (AvgIpc) is 2.81. The Morgan fingerprint density at radius 1 is 0.839 bits per heavy atom. The molecule has 0 bridgehead atoms. The van der Waals surface area contributed by atoms with Crippen molar-refractivity contribution in [1.29, 1.82) is 0 Å². The first-order valence-corrected chi connectivity index (χ1v) is 9.96. The van der Waals surface area contributed by atoms with Crippen LogP contribution in [0.2, 0.25) is 0 Å². The van der Waals surface area contributed by atoms with E-state index in [0.29, 0.717) is 23.6 Å². The molecule has 154 valence electrons. The number of halogens is 1. The van der Waals surface area contributed by atoms with E-state index in [-0.39, 0.29) is 11.7 Å². The van der Waals surface area contributed by atoms with Crippen LogP contribution < -0.4 is 10.6 Å². The van der Waals surface area contributed by atoms with E-state index in [4.69, 9.17) is 0 Å². The summed E-state index contributed by atoms with van der Waals surface area (Å²) < 4.78 is 13.1. The molecule has 4 aromatic rings. The SMILES string of the molecule is O=C(NCCc1ccccc1)c1cccc(Nc2ccc(-c3ccc(F)cc3)nn2)c1. The minimum Gasteiger partial charge on any atom is -0.352 e. The molecule has 0 saturated heterocycles. The van der Waals surface area contributed by atoms with Crippen molar-refractivity contribution in [2.24, 2.45) is 0 Å². The van der Waals surface area contributed by atoms with Gasteiger partial charge in [0.1, 0.15) is 5.82 Å². The van der Waals surface area contributed by atoms with Gasteiger partial charge >= 0.3 is 0 Å². The summed E-state index contributed by atoms with van der Waals surface area (Å²) in [6.45, 7) is 0.566. The van der Waals surface area contributed by atoms with Crippen LogP contribution in [0, 0.1) is 5.82 Å². The van der Waals surface area contributed by atoms with Crippen LogP contribution in [0.1, 0.15) is 15.9 Å². The zero-order valence-electron chi connectivity index (χ0n) is 16.8. The lowest BCUT2D eigenvalue weighted by Crippen LogP contribution is -2.25. The molecule has 0 aliphatic rings. The van der Waals surface area contributed by atoms with Crippen LogP contribution in [-0.2, 0) is 6.42 Å². The summed E-state index contributed by atoms with van der Waals surface area (Å²) in [6.07, 6.45) is 0.778. The Morgan fingerprint density at radius 2 is 1.65 bits per heavy atom. The zero-order chi connectivity index (χ0) is 21.5. The Kier molecular flexibility index (Phi) is 6.28. The van der Waals surface area contributed by atoms with Gasteiger partial charge in [-0.2, -0.15) is 0 Å². The largest absolute Gasteiger partial charge is 0.352 e. The molecule has 3 aromatic carbocycles. The van der Waals surface area contributed by atoms with Gasteiger partial charge in [-0.1, -0.05) is 36.4 Å². The molecule has 0 unspecified atom stereocenters. The summed E-state index contributed by atoms with van der Waals surface area (Å²) in [7, 11) is 0. The van der Waals surface area contributed by atoms with Gasteiger partial charge < -0.3 is 10.6 Å². The number of nitrogens with one attached hydrogen (secondary N) is 2. The van der Waals surface area contributed by atoms with E-state index in [0.717, 1.165) is 17.7 Å². The van der Waals surface area contributed by atoms with Crippen LogP contribution in [0.15, 0.2) is 91.0 Å². The number of carbonyl (C=O) groups is 1. The third-order valence-corrected chi connectivity index (χ3v) is 4.74. The molecular formula is C25H21FN4O. The van der Waals surface area contributed by atoms with Crippen LogP contribution >= 0.6 is 0 Å². The first-order valence-electron chi connectivity index (χ1n) is 9.96. The fraction of sp³-hybridized carbons (Fsp3) is 0.0800. The van der Waals surface area contributed by atoms with Crippen LogP contribution in [0.4, 0.5) is 15.9 Å². The van der Waals surface area contributed by atoms with Crippen LogP contribution in [0.5, 0.6) is 0 Å². The number of rotatable bonds is 7. The first kappa shape index (κ1) is 20.2. The normalized spacial score (nSPS) is 10.5. The van der Waals surface area contributed by atoms with Crippen molar-refractivity contribution >= 4 is 17.4 Å². The molecule has 1 amide bonds. The quantitative estimate of drug-likeness (QED) is 0.448. The van der Waals surface area contributed by atoms with Gasteiger partial charge in [-0.3, -0.25) is 4.79 Å². The summed E-state index contributed by atoms with van der Waals surface area (Å²) in [5.41, 5.74) is 3.92. The molecule has 0 saturated carbocycles. The first-order chi connectivity index (χ1) is 15.2. The Labute approximate surface area is 180 Å². The summed E-state index contributed by atoms with van der Waals surface area (Å²) in [5.74, 6) is 0.129. The summed E-state index contributed by atoms with van der Waals surface area (Å²) in [6, 6.07) is 26.9. The Hall–Kier alpha value is -4.06. The van der Waals surface area contributed by atoms with E-state index in [1.165, 1.54) is 17.7 Å². The van der Waals surface area contributed by atoms with Gasteiger partial charge in [0, 0.05) is 23.4 Å². The zero-order valence-corrected chi connectivity index (χ0v) is 16.8. The molecule has 1 aromatic heterocycles. The maximum atomic E-state index is 13.1. The van der Waals surface area contributed by atoms with Gasteiger partial charge in [-0.25, -0.2) is 4.39 Å². The third kappa shape index (κ3) is 5.51. The molecule has 1 heterocycles. The minimum atomic E-state index is -0.293. The van der Waals surface area contributed by atoms with Gasteiger partial charge in [0.25, 0.3) is 5.91 Å². The molecule has 2 N–H and O–H groups in total. The van der Waals surface area contributed by atoms with Gasteiger partial charge in [0.05, 0.1) is 5.69 Å². The minimum absolute atomic E-state index is 0.127. The standard InChI is InChI=1S/C25H21FN4O/c26-21-11-9-19(10-12-21)23-13-14-24(30-29-23)28-22-8-4-7-20(17-22)25(31)27-16-15-18-5-2-1-3-6-18/h1-14,17H,15-16H2,(H,27,31)(H,28,30). The van der Waals surface area contributed by atoms with Gasteiger partial charge in [-0.15, -0.1) is 10.2 Å². The molecule has 0 spiro atoms. The number of anilines is 2. The van der Waals surface area contributed by atoms with E-state index < -0.39 is 0 Å². The molecule has 0 atom stereocenters. The Balaban J connectivity index is 1.36. The Bertz CT molecular complexity index is 1150. The molecule has 5 nitrogen and oxygen atoms in total. The maximum absolute atomic E-state index is 13.1. The molecule has 4 rings (SSSR count). The highest BCUT2D eigenvalue weighted by molar-refractivity contribution is 5.95. The van der Waals surface area contributed by atoms with E-state index in [9.17, 15) is 9.18 Å². The highest BCUT2D eigenvalue weighted by Crippen LogP contribution is 2.20. The maximum Gasteiger partial charge on any atom is 0.251 e. The number of carbonyl (C=O) groups excluding carboxylic acids is 1. The lowest BCUT2D eigenvalue weighted by Gasteiger charge is -2.09. The second-order valence-electron chi connectivity index (χ2n) is 7.01. The number of hydrogen-bond acceptors (Lipinski definition) is 4. The van der Waals surface area contributed by atoms with Crippen molar-refractivity contribution in [3.8, 4) is 11.3 Å². The number of hydrogen-bond donors (Lipinski definition) is 2. The smallest absolute Gasteiger partial charge is 0.251 e. The Morgan fingerprint density at radius 3 is 2.39 bits per heavy atom. The molecule has 0 radical (unpaired) electrons. The number of amides is 1. The molecule has 31 heavy (non-hydrogen) atoms. The van der Waals surface area contributed by atoms with Crippen molar-refractivity contribution in [1.82, 2.24) is 15.5 Å². The predicted molar refractivity (Wildman–Crippen MR) is 120 cm³/mol. The molecular weight excluding hydrogens is 391 g/mol. The lowest BCUT2D eigenvalue weighted by molar-refractivity contribution is 0.0954. The second-order valence-corrected chi connectivity index (χ2v) is 7.01. The number of nitrogens with zero attached hydrogens (tertiary/aromatic N) is 2. The number of benzene rings is 3. The van der Waals surface area contributed by atoms with Gasteiger partial charge in [0.2, 0.25) is 0 Å². The van der Waals surface area contributed by atoms with Crippen molar-refractivity contribution in [3.63, 3.8) is 0 Å². The van der Waals surface area contributed by atoms with Crippen LogP contribution in [-0.4, -0.2) is 22.6 Å². The second kappa shape index (κ2) is 9.63. The van der Waals surface area contributed by atoms with Crippen molar-refractivity contribution in [2.75, 3.05) is 11.9 Å². The summed E-state index contributed by atoms with van der Waals surface area (Å²) in [5, 5.41) is 14.5.